The maximum absolute atomic E-state index is 11.9. The molecule has 2 aromatic heterocycles. The smallest absolute Gasteiger partial charge is 0.269 e. The summed E-state index contributed by atoms with van der Waals surface area (Å²) >= 11 is 0. The Bertz CT molecular complexity index is 627. The molecule has 1 N–H and O–H groups in total. The van der Waals surface area contributed by atoms with E-state index >= 15 is 0 Å². The van der Waals surface area contributed by atoms with Crippen LogP contribution < -0.4 is 10.9 Å². The van der Waals surface area contributed by atoms with Crippen molar-refractivity contribution in [3.05, 3.63) is 34.5 Å². The summed E-state index contributed by atoms with van der Waals surface area (Å²) in [5.41, 5.74) is 1.37. The van der Waals surface area contributed by atoms with Gasteiger partial charge in [0.2, 0.25) is 0 Å². The van der Waals surface area contributed by atoms with E-state index in [-0.39, 0.29) is 5.56 Å². The fraction of sp³-hybridized carbons (Fsp3) is 0.500. The molecule has 0 aromatic carbocycles. The van der Waals surface area contributed by atoms with Gasteiger partial charge in [-0.25, -0.2) is 4.68 Å². The molecule has 1 aliphatic rings. The molecule has 1 fully saturated rings. The molecule has 100 valence electrons. The third-order valence-electron chi connectivity index (χ3n) is 3.12. The molecule has 7 heteroatoms. The third kappa shape index (κ3) is 2.98. The summed E-state index contributed by atoms with van der Waals surface area (Å²) in [5, 5.41) is 15.1. The second-order valence-electron chi connectivity index (χ2n) is 4.95. The maximum Gasteiger partial charge on any atom is 0.269 e. The molecule has 7 nitrogen and oxygen atoms in total. The lowest BCUT2D eigenvalue weighted by Gasteiger charge is -2.06. The Labute approximate surface area is 110 Å². The molecule has 1 saturated carbocycles. The average Bonchev–Trinajstić information content (AvgIpc) is 3.13. The Balaban J connectivity index is 1.69. The molecule has 0 atom stereocenters. The summed E-state index contributed by atoms with van der Waals surface area (Å²) < 4.78 is 2.98. The summed E-state index contributed by atoms with van der Waals surface area (Å²) in [4.78, 5) is 11.9. The Morgan fingerprint density at radius 1 is 1.47 bits per heavy atom. The highest BCUT2D eigenvalue weighted by Gasteiger charge is 2.20. The van der Waals surface area contributed by atoms with Crippen molar-refractivity contribution in [2.45, 2.75) is 19.4 Å². The van der Waals surface area contributed by atoms with Gasteiger partial charge in [-0.3, -0.25) is 9.48 Å². The van der Waals surface area contributed by atoms with Gasteiger partial charge >= 0.3 is 0 Å². The van der Waals surface area contributed by atoms with Crippen LogP contribution in [-0.4, -0.2) is 31.3 Å². The van der Waals surface area contributed by atoms with Crippen LogP contribution in [-0.2, 0) is 13.6 Å². The van der Waals surface area contributed by atoms with E-state index in [9.17, 15) is 4.79 Å². The minimum atomic E-state index is -0.133. The second-order valence-corrected chi connectivity index (χ2v) is 4.95. The van der Waals surface area contributed by atoms with Crippen LogP contribution in [0, 0.1) is 5.92 Å². The summed E-state index contributed by atoms with van der Waals surface area (Å²) in [6.07, 6.45) is 6.02. The van der Waals surface area contributed by atoms with Crippen LogP contribution in [0.1, 0.15) is 18.5 Å². The molecule has 19 heavy (non-hydrogen) atoms. The minimum Gasteiger partial charge on any atom is -0.383 e. The molecule has 0 unspecified atom stereocenters. The van der Waals surface area contributed by atoms with Crippen molar-refractivity contribution in [2.24, 2.45) is 13.0 Å². The zero-order valence-electron chi connectivity index (χ0n) is 10.8. The van der Waals surface area contributed by atoms with E-state index in [1.165, 1.54) is 17.5 Å². The summed E-state index contributed by atoms with van der Waals surface area (Å²) in [7, 11) is 1.79. The Kier molecular flexibility index (Phi) is 3.02. The van der Waals surface area contributed by atoms with E-state index in [0.29, 0.717) is 6.54 Å². The standard InChI is InChI=1S/C12H16N6O/c1-17-7-11(15-16-17)8-18-12(19)4-10(6-14-18)13-5-9-2-3-9/h4,6-7,9,13H,2-3,5,8H2,1H3. The first-order chi connectivity index (χ1) is 9.20. The molecule has 0 amide bonds. The van der Waals surface area contributed by atoms with Crippen molar-refractivity contribution in [3.8, 4) is 0 Å². The fourth-order valence-corrected chi connectivity index (χ4v) is 1.85. The van der Waals surface area contributed by atoms with Gasteiger partial charge in [0.1, 0.15) is 5.69 Å². The van der Waals surface area contributed by atoms with Crippen LogP contribution in [0.25, 0.3) is 0 Å². The minimum absolute atomic E-state index is 0.133. The average molecular weight is 260 g/mol. The number of aryl methyl sites for hydroxylation is 1. The zero-order chi connectivity index (χ0) is 13.2. The van der Waals surface area contributed by atoms with E-state index in [0.717, 1.165) is 23.8 Å². The monoisotopic (exact) mass is 260 g/mol. The first kappa shape index (κ1) is 11.9. The van der Waals surface area contributed by atoms with Gasteiger partial charge < -0.3 is 5.32 Å². The fourth-order valence-electron chi connectivity index (χ4n) is 1.85. The van der Waals surface area contributed by atoms with Crippen LogP contribution in [0.2, 0.25) is 0 Å². The molecular weight excluding hydrogens is 244 g/mol. The van der Waals surface area contributed by atoms with Crippen molar-refractivity contribution in [1.82, 2.24) is 24.8 Å². The van der Waals surface area contributed by atoms with Crippen molar-refractivity contribution in [1.29, 1.82) is 0 Å². The van der Waals surface area contributed by atoms with Crippen LogP contribution >= 0.6 is 0 Å². The highest BCUT2D eigenvalue weighted by molar-refractivity contribution is 5.39. The van der Waals surface area contributed by atoms with Gasteiger partial charge in [0.15, 0.2) is 0 Å². The first-order valence-electron chi connectivity index (χ1n) is 6.37. The van der Waals surface area contributed by atoms with Crippen LogP contribution in [0.5, 0.6) is 0 Å². The predicted molar refractivity (Wildman–Crippen MR) is 69.8 cm³/mol. The first-order valence-corrected chi connectivity index (χ1v) is 6.37. The van der Waals surface area contributed by atoms with Crippen LogP contribution in [0.3, 0.4) is 0 Å². The molecule has 1 aliphatic carbocycles. The molecule has 2 heterocycles. The number of anilines is 1. The van der Waals surface area contributed by atoms with E-state index in [2.05, 4.69) is 20.7 Å². The normalized spacial score (nSPS) is 14.6. The SMILES string of the molecule is Cn1cc(Cn2ncc(NCC3CC3)cc2=O)nn1. The van der Waals surface area contributed by atoms with E-state index in [4.69, 9.17) is 0 Å². The molecule has 2 aromatic rings. The second kappa shape index (κ2) is 4.83. The summed E-state index contributed by atoms with van der Waals surface area (Å²) in [6, 6.07) is 1.58. The summed E-state index contributed by atoms with van der Waals surface area (Å²) in [6.45, 7) is 1.27. The lowest BCUT2D eigenvalue weighted by molar-refractivity contribution is 0.626. The number of nitrogens with one attached hydrogen (secondary N) is 1. The third-order valence-corrected chi connectivity index (χ3v) is 3.12. The molecule has 0 saturated heterocycles. The van der Waals surface area contributed by atoms with Gasteiger partial charge in [0.25, 0.3) is 5.56 Å². The highest BCUT2D eigenvalue weighted by atomic mass is 16.1. The lowest BCUT2D eigenvalue weighted by Crippen LogP contribution is -2.23. The van der Waals surface area contributed by atoms with Crippen molar-refractivity contribution in [3.63, 3.8) is 0 Å². The van der Waals surface area contributed by atoms with Gasteiger partial charge in [0.05, 0.1) is 24.6 Å². The number of aromatic nitrogens is 5. The highest BCUT2D eigenvalue weighted by Crippen LogP contribution is 2.28. The number of hydrogen-bond acceptors (Lipinski definition) is 5. The molecule has 0 bridgehead atoms. The van der Waals surface area contributed by atoms with Crippen molar-refractivity contribution < 1.29 is 0 Å². The van der Waals surface area contributed by atoms with Gasteiger partial charge in [0, 0.05) is 19.7 Å². The van der Waals surface area contributed by atoms with Crippen LogP contribution in [0.4, 0.5) is 5.69 Å². The van der Waals surface area contributed by atoms with Gasteiger partial charge in [-0.1, -0.05) is 5.21 Å². The topological polar surface area (TPSA) is 77.6 Å². The molecule has 3 rings (SSSR count). The molecule has 0 aliphatic heterocycles. The quantitative estimate of drug-likeness (QED) is 0.833. The lowest BCUT2D eigenvalue weighted by atomic mass is 10.4. The van der Waals surface area contributed by atoms with Gasteiger partial charge in [-0.2, -0.15) is 5.10 Å². The number of nitrogens with zero attached hydrogens (tertiary/aromatic N) is 5. The molecule has 0 radical (unpaired) electrons. The Morgan fingerprint density at radius 2 is 2.32 bits per heavy atom. The van der Waals surface area contributed by atoms with Gasteiger partial charge in [-0.05, 0) is 18.8 Å². The largest absolute Gasteiger partial charge is 0.383 e. The van der Waals surface area contributed by atoms with Gasteiger partial charge in [-0.15, -0.1) is 5.10 Å². The summed E-state index contributed by atoms with van der Waals surface area (Å²) in [5.74, 6) is 0.766. The Morgan fingerprint density at radius 3 is 2.95 bits per heavy atom. The van der Waals surface area contributed by atoms with Crippen LogP contribution in [0.15, 0.2) is 23.3 Å². The van der Waals surface area contributed by atoms with E-state index in [1.54, 1.807) is 30.2 Å². The Hall–Kier alpha value is -2.18. The zero-order valence-corrected chi connectivity index (χ0v) is 10.8. The maximum atomic E-state index is 11.9. The predicted octanol–water partition coefficient (Wildman–Crippen LogP) is 0.242. The van der Waals surface area contributed by atoms with Crippen molar-refractivity contribution in [2.75, 3.05) is 11.9 Å². The van der Waals surface area contributed by atoms with Crippen molar-refractivity contribution >= 4 is 5.69 Å². The molecular formula is C12H16N6O. The van der Waals surface area contributed by atoms with E-state index < -0.39 is 0 Å². The number of hydrogen-bond donors (Lipinski definition) is 1. The van der Waals surface area contributed by atoms with E-state index in [1.807, 2.05) is 0 Å². The molecule has 0 spiro atoms. The number of rotatable bonds is 5.